The van der Waals surface area contributed by atoms with Crippen molar-refractivity contribution in [1.29, 1.82) is 0 Å². The summed E-state index contributed by atoms with van der Waals surface area (Å²) in [6, 6.07) is 15.8. The molecule has 0 saturated heterocycles. The van der Waals surface area contributed by atoms with E-state index in [1.54, 1.807) is 7.11 Å². The zero-order valence-corrected chi connectivity index (χ0v) is 16.9. The Balaban J connectivity index is 1.39. The summed E-state index contributed by atoms with van der Waals surface area (Å²) in [6.45, 7) is 3.05. The summed E-state index contributed by atoms with van der Waals surface area (Å²) in [5.41, 5.74) is 3.13. The lowest BCUT2D eigenvalue weighted by atomic mass is 10.1. The predicted molar refractivity (Wildman–Crippen MR) is 111 cm³/mol. The van der Waals surface area contributed by atoms with Gasteiger partial charge < -0.3 is 14.8 Å². The van der Waals surface area contributed by atoms with Gasteiger partial charge in [0.05, 0.1) is 19.2 Å². The number of carbonyl (C=O) groups excluding carboxylic acids is 1. The van der Waals surface area contributed by atoms with E-state index in [4.69, 9.17) is 9.47 Å². The lowest BCUT2D eigenvalue weighted by Crippen LogP contribution is -2.27. The summed E-state index contributed by atoms with van der Waals surface area (Å²) < 4.78 is 10.9. The van der Waals surface area contributed by atoms with E-state index in [2.05, 4.69) is 10.3 Å². The molecule has 1 heterocycles. The standard InChI is InChI=1S/C22H24N2O3S/c1-16-3-7-20(8-4-16)27-14-22-24-18(15-28-22)13-21(25)23-12-11-17-5-9-19(26-2)10-6-17/h3-10,15H,11-14H2,1-2H3,(H,23,25). The Hall–Kier alpha value is -2.86. The van der Waals surface area contributed by atoms with Gasteiger partial charge >= 0.3 is 0 Å². The smallest absolute Gasteiger partial charge is 0.226 e. The van der Waals surface area contributed by atoms with Crippen LogP contribution >= 0.6 is 11.3 Å². The average Bonchev–Trinajstić information content (AvgIpc) is 3.15. The molecule has 5 nitrogen and oxygen atoms in total. The van der Waals surface area contributed by atoms with Crippen LogP contribution in [0.2, 0.25) is 0 Å². The summed E-state index contributed by atoms with van der Waals surface area (Å²) in [5, 5.41) is 5.72. The van der Waals surface area contributed by atoms with E-state index in [0.717, 1.165) is 34.2 Å². The molecule has 0 aliphatic heterocycles. The molecule has 1 amide bonds. The second kappa shape index (κ2) is 9.90. The van der Waals surface area contributed by atoms with Crippen molar-refractivity contribution >= 4 is 17.2 Å². The molecule has 1 aromatic heterocycles. The summed E-state index contributed by atoms with van der Waals surface area (Å²) in [6.07, 6.45) is 1.06. The minimum Gasteiger partial charge on any atom is -0.497 e. The van der Waals surface area contributed by atoms with Crippen LogP contribution in [0.15, 0.2) is 53.9 Å². The van der Waals surface area contributed by atoms with Gasteiger partial charge in [0.2, 0.25) is 5.91 Å². The van der Waals surface area contributed by atoms with Crippen molar-refractivity contribution in [1.82, 2.24) is 10.3 Å². The van der Waals surface area contributed by atoms with Gasteiger partial charge in [0.15, 0.2) is 0 Å². The third-order valence-corrected chi connectivity index (χ3v) is 5.09. The fourth-order valence-corrected chi connectivity index (χ4v) is 3.35. The van der Waals surface area contributed by atoms with Crippen molar-refractivity contribution in [2.45, 2.75) is 26.4 Å². The third kappa shape index (κ3) is 6.09. The number of hydrogen-bond donors (Lipinski definition) is 1. The van der Waals surface area contributed by atoms with Gasteiger partial charge in [-0.15, -0.1) is 11.3 Å². The summed E-state index contributed by atoms with van der Waals surface area (Å²) in [5.74, 6) is 1.63. The highest BCUT2D eigenvalue weighted by molar-refractivity contribution is 7.09. The number of nitrogens with zero attached hydrogens (tertiary/aromatic N) is 1. The van der Waals surface area contributed by atoms with Crippen LogP contribution in [0.4, 0.5) is 0 Å². The molecule has 0 bridgehead atoms. The molecular weight excluding hydrogens is 372 g/mol. The molecule has 0 atom stereocenters. The number of nitrogens with one attached hydrogen (secondary N) is 1. The number of aromatic nitrogens is 1. The van der Waals surface area contributed by atoms with E-state index >= 15 is 0 Å². The Bertz CT molecular complexity index is 889. The molecule has 146 valence electrons. The van der Waals surface area contributed by atoms with Gasteiger partial charge in [0.25, 0.3) is 0 Å². The molecule has 0 unspecified atom stereocenters. The van der Waals surface area contributed by atoms with Gasteiger partial charge in [-0.25, -0.2) is 4.98 Å². The molecule has 0 radical (unpaired) electrons. The number of rotatable bonds is 9. The zero-order chi connectivity index (χ0) is 19.8. The second-order valence-corrected chi connectivity index (χ2v) is 7.40. The molecule has 0 spiro atoms. The highest BCUT2D eigenvalue weighted by atomic mass is 32.1. The molecule has 3 rings (SSSR count). The molecule has 3 aromatic rings. The predicted octanol–water partition coefficient (Wildman–Crippen LogP) is 3.94. The second-order valence-electron chi connectivity index (χ2n) is 6.46. The Morgan fingerprint density at radius 3 is 2.50 bits per heavy atom. The highest BCUT2D eigenvalue weighted by Gasteiger charge is 2.08. The topological polar surface area (TPSA) is 60.5 Å². The lowest BCUT2D eigenvalue weighted by molar-refractivity contribution is -0.120. The molecule has 0 saturated carbocycles. The minimum atomic E-state index is -0.0233. The van der Waals surface area contributed by atoms with E-state index in [1.807, 2.05) is 60.8 Å². The van der Waals surface area contributed by atoms with Crippen molar-refractivity contribution in [3.05, 3.63) is 75.7 Å². The van der Waals surface area contributed by atoms with Crippen LogP contribution in [0.5, 0.6) is 11.5 Å². The monoisotopic (exact) mass is 396 g/mol. The lowest BCUT2D eigenvalue weighted by Gasteiger charge is -2.06. The first-order valence-corrected chi connectivity index (χ1v) is 10.0. The van der Waals surface area contributed by atoms with Crippen LogP contribution in [-0.4, -0.2) is 24.5 Å². The Morgan fingerprint density at radius 2 is 1.79 bits per heavy atom. The van der Waals surface area contributed by atoms with Crippen LogP contribution in [-0.2, 0) is 24.2 Å². The van der Waals surface area contributed by atoms with E-state index < -0.39 is 0 Å². The maximum atomic E-state index is 12.1. The van der Waals surface area contributed by atoms with Crippen molar-refractivity contribution in [2.24, 2.45) is 0 Å². The number of thiazole rings is 1. The van der Waals surface area contributed by atoms with Gasteiger partial charge in [-0.2, -0.15) is 0 Å². The maximum Gasteiger partial charge on any atom is 0.226 e. The zero-order valence-electron chi connectivity index (χ0n) is 16.1. The van der Waals surface area contributed by atoms with Crippen LogP contribution in [0.25, 0.3) is 0 Å². The van der Waals surface area contributed by atoms with Crippen LogP contribution in [0.1, 0.15) is 21.8 Å². The van der Waals surface area contributed by atoms with E-state index in [-0.39, 0.29) is 12.3 Å². The van der Waals surface area contributed by atoms with E-state index in [9.17, 15) is 4.79 Å². The molecule has 0 aliphatic rings. The van der Waals surface area contributed by atoms with Crippen molar-refractivity contribution < 1.29 is 14.3 Å². The minimum absolute atomic E-state index is 0.0233. The number of ether oxygens (including phenoxy) is 2. The van der Waals surface area contributed by atoms with E-state index in [1.165, 1.54) is 16.9 Å². The van der Waals surface area contributed by atoms with Crippen LogP contribution < -0.4 is 14.8 Å². The van der Waals surface area contributed by atoms with Crippen molar-refractivity contribution in [2.75, 3.05) is 13.7 Å². The number of aryl methyl sites for hydroxylation is 1. The van der Waals surface area contributed by atoms with E-state index in [0.29, 0.717) is 13.2 Å². The normalized spacial score (nSPS) is 10.5. The van der Waals surface area contributed by atoms with Gasteiger partial charge in [-0.3, -0.25) is 4.79 Å². The number of benzene rings is 2. The van der Waals surface area contributed by atoms with Crippen molar-refractivity contribution in [3.8, 4) is 11.5 Å². The quantitative estimate of drug-likeness (QED) is 0.595. The molecule has 28 heavy (non-hydrogen) atoms. The van der Waals surface area contributed by atoms with Gasteiger partial charge in [0.1, 0.15) is 23.1 Å². The molecule has 0 aliphatic carbocycles. The van der Waals surface area contributed by atoms with Gasteiger partial charge in [0, 0.05) is 11.9 Å². The first-order valence-electron chi connectivity index (χ1n) is 9.15. The number of hydrogen-bond acceptors (Lipinski definition) is 5. The SMILES string of the molecule is COc1ccc(CCNC(=O)Cc2csc(COc3ccc(C)cc3)n2)cc1. The number of carbonyl (C=O) groups is 1. The molecule has 0 fully saturated rings. The fourth-order valence-electron chi connectivity index (χ4n) is 2.64. The first-order chi connectivity index (χ1) is 13.6. The molecular formula is C22H24N2O3S. The van der Waals surface area contributed by atoms with Gasteiger partial charge in [-0.05, 0) is 43.2 Å². The first kappa shape index (κ1) is 19.9. The van der Waals surface area contributed by atoms with Gasteiger partial charge in [-0.1, -0.05) is 29.8 Å². The average molecular weight is 397 g/mol. The Labute approximate surface area is 169 Å². The highest BCUT2D eigenvalue weighted by Crippen LogP contribution is 2.16. The maximum absolute atomic E-state index is 12.1. The summed E-state index contributed by atoms with van der Waals surface area (Å²) in [4.78, 5) is 16.6. The Kier molecular flexibility index (Phi) is 7.03. The number of methoxy groups -OCH3 is 1. The molecule has 1 N–H and O–H groups in total. The molecule has 6 heteroatoms. The largest absolute Gasteiger partial charge is 0.497 e. The van der Waals surface area contributed by atoms with Crippen molar-refractivity contribution in [3.63, 3.8) is 0 Å². The fraction of sp³-hybridized carbons (Fsp3) is 0.273. The third-order valence-electron chi connectivity index (χ3n) is 4.22. The summed E-state index contributed by atoms with van der Waals surface area (Å²) in [7, 11) is 1.65. The van der Waals surface area contributed by atoms with Crippen LogP contribution in [0, 0.1) is 6.92 Å². The summed E-state index contributed by atoms with van der Waals surface area (Å²) >= 11 is 1.51. The molecule has 2 aromatic carbocycles. The van der Waals surface area contributed by atoms with Crippen LogP contribution in [0.3, 0.4) is 0 Å². The Morgan fingerprint density at radius 1 is 1.07 bits per heavy atom. The number of amides is 1.